The Balaban J connectivity index is 0.00000436. The maximum absolute atomic E-state index is 15.3. The summed E-state index contributed by atoms with van der Waals surface area (Å²) in [4.78, 5) is 36.6. The molecule has 11 nitrogen and oxygen atoms in total. The molecule has 0 spiro atoms. The van der Waals surface area contributed by atoms with Crippen molar-refractivity contribution in [3.05, 3.63) is 125 Å². The van der Waals surface area contributed by atoms with E-state index < -0.39 is 0 Å². The molecule has 0 aliphatic carbocycles. The topological polar surface area (TPSA) is 102 Å². The van der Waals surface area contributed by atoms with Gasteiger partial charge in [-0.15, -0.1) is 12.4 Å². The number of anilines is 2. The number of fused-ring (bicyclic) bond motifs is 4. The molecule has 0 saturated carbocycles. The van der Waals surface area contributed by atoms with Gasteiger partial charge in [0.05, 0.1) is 24.3 Å². The number of phenolic OH excluding ortho intramolecular Hbond substituents is 1. The van der Waals surface area contributed by atoms with Crippen LogP contribution in [0.1, 0.15) is 50.4 Å². The third-order valence-electron chi connectivity index (χ3n) is 12.1. The Labute approximate surface area is 343 Å². The molecular weight excluding hydrogens is 754 g/mol. The highest BCUT2D eigenvalue weighted by Gasteiger charge is 2.36. The van der Waals surface area contributed by atoms with Crippen LogP contribution in [-0.4, -0.2) is 81.5 Å². The highest BCUT2D eigenvalue weighted by molar-refractivity contribution is 6.13. The lowest BCUT2D eigenvalue weighted by molar-refractivity contribution is 0.0193. The summed E-state index contributed by atoms with van der Waals surface area (Å²) in [7, 11) is 2.00. The molecule has 6 aromatic rings. The van der Waals surface area contributed by atoms with E-state index in [1.165, 1.54) is 5.56 Å². The minimum absolute atomic E-state index is 0. The average molecular weight is 800 g/mol. The molecule has 0 radical (unpaired) electrons. The molecule has 4 aliphatic heterocycles. The number of amides is 2. The molecule has 1 N–H and O–H groups in total. The fraction of sp³-hybridized carbons (Fsp3) is 0.304. The molecule has 4 aromatic carbocycles. The monoisotopic (exact) mass is 799 g/mol. The smallest absolute Gasteiger partial charge is 0.264 e. The van der Waals surface area contributed by atoms with E-state index in [0.717, 1.165) is 84.4 Å². The minimum atomic E-state index is -0.181. The molecule has 298 valence electrons. The van der Waals surface area contributed by atoms with E-state index in [0.29, 0.717) is 54.6 Å². The molecule has 2 aromatic heterocycles. The van der Waals surface area contributed by atoms with Crippen LogP contribution in [0.2, 0.25) is 0 Å². The number of aromatic hydroxyl groups is 1. The summed E-state index contributed by atoms with van der Waals surface area (Å²) < 4.78 is 21.8. The van der Waals surface area contributed by atoms with Gasteiger partial charge in [0.1, 0.15) is 5.75 Å². The predicted molar refractivity (Wildman–Crippen MR) is 225 cm³/mol. The van der Waals surface area contributed by atoms with Gasteiger partial charge < -0.3 is 33.4 Å². The number of morpholine rings is 1. The van der Waals surface area contributed by atoms with Crippen LogP contribution < -0.4 is 14.4 Å². The normalized spacial score (nSPS) is 17.4. The first-order valence-electron chi connectivity index (χ1n) is 19.9. The van der Waals surface area contributed by atoms with Crippen LogP contribution in [0.25, 0.3) is 22.2 Å². The second kappa shape index (κ2) is 15.5. The van der Waals surface area contributed by atoms with Crippen molar-refractivity contribution in [3.63, 3.8) is 0 Å². The zero-order valence-corrected chi connectivity index (χ0v) is 33.2. The number of hydrogen-bond acceptors (Lipinski definition) is 7. The Bertz CT molecular complexity index is 2520. The number of rotatable bonds is 7. The van der Waals surface area contributed by atoms with E-state index in [2.05, 4.69) is 32.2 Å². The summed E-state index contributed by atoms with van der Waals surface area (Å²) in [6.07, 6.45) is 5.39. The summed E-state index contributed by atoms with van der Waals surface area (Å²) in [6.45, 7) is 5.10. The van der Waals surface area contributed by atoms with Gasteiger partial charge in [0.15, 0.2) is 11.5 Å². The van der Waals surface area contributed by atoms with Crippen molar-refractivity contribution in [1.82, 2.24) is 18.9 Å². The predicted octanol–water partition coefficient (Wildman–Crippen LogP) is 7.72. The van der Waals surface area contributed by atoms with Crippen molar-refractivity contribution >= 4 is 46.5 Å². The number of halogens is 1. The Kier molecular flexibility index (Phi) is 10.1. The molecular formula is C46H46ClN5O6. The number of phenols is 1. The first-order chi connectivity index (χ1) is 27.9. The van der Waals surface area contributed by atoms with E-state index in [1.54, 1.807) is 29.2 Å². The number of carbonyl (C=O) groups excluding carboxylic acids is 2. The lowest BCUT2D eigenvalue weighted by atomic mass is 9.92. The van der Waals surface area contributed by atoms with Crippen LogP contribution in [0.15, 0.2) is 97.2 Å². The van der Waals surface area contributed by atoms with Gasteiger partial charge >= 0.3 is 0 Å². The molecule has 10 rings (SSSR count). The second-order valence-electron chi connectivity index (χ2n) is 15.5. The highest BCUT2D eigenvalue weighted by atomic mass is 35.5. The third-order valence-corrected chi connectivity index (χ3v) is 12.1. The van der Waals surface area contributed by atoms with Crippen LogP contribution in [0, 0.1) is 0 Å². The first kappa shape index (κ1) is 37.8. The number of carbonyl (C=O) groups is 2. The Morgan fingerprint density at radius 3 is 2.40 bits per heavy atom. The van der Waals surface area contributed by atoms with Crippen LogP contribution >= 0.6 is 12.4 Å². The second-order valence-corrected chi connectivity index (χ2v) is 15.5. The molecule has 12 heteroatoms. The molecule has 0 unspecified atom stereocenters. The van der Waals surface area contributed by atoms with Gasteiger partial charge in [-0.25, -0.2) is 0 Å². The van der Waals surface area contributed by atoms with E-state index in [4.69, 9.17) is 14.2 Å². The van der Waals surface area contributed by atoms with Gasteiger partial charge in [0.2, 0.25) is 6.79 Å². The van der Waals surface area contributed by atoms with Crippen LogP contribution in [0.3, 0.4) is 0 Å². The number of ether oxygens (including phenoxy) is 3. The highest BCUT2D eigenvalue weighted by Crippen LogP contribution is 2.43. The summed E-state index contributed by atoms with van der Waals surface area (Å²) in [5.74, 6) is 0.992. The van der Waals surface area contributed by atoms with Crippen molar-refractivity contribution < 1.29 is 28.9 Å². The van der Waals surface area contributed by atoms with Crippen LogP contribution in [0.4, 0.5) is 11.4 Å². The van der Waals surface area contributed by atoms with Crippen LogP contribution in [0.5, 0.6) is 17.2 Å². The molecule has 4 aliphatic rings. The molecule has 0 bridgehead atoms. The zero-order valence-electron chi connectivity index (χ0n) is 32.4. The molecule has 1 saturated heterocycles. The molecule has 2 amide bonds. The number of nitrogens with zero attached hydrogens (tertiary/aromatic N) is 5. The van der Waals surface area contributed by atoms with Gasteiger partial charge in [0, 0.05) is 91.2 Å². The van der Waals surface area contributed by atoms with Crippen molar-refractivity contribution in [3.8, 4) is 28.5 Å². The van der Waals surface area contributed by atoms with E-state index in [1.807, 2.05) is 66.7 Å². The quantitative estimate of drug-likeness (QED) is 0.177. The van der Waals surface area contributed by atoms with Crippen molar-refractivity contribution in [2.75, 3.05) is 44.5 Å². The van der Waals surface area contributed by atoms with E-state index in [-0.39, 0.29) is 42.8 Å². The maximum atomic E-state index is 15.3. The summed E-state index contributed by atoms with van der Waals surface area (Å²) in [5.41, 5.74) is 8.43. The Hall–Kier alpha value is -5.75. The Morgan fingerprint density at radius 1 is 0.828 bits per heavy atom. The zero-order chi connectivity index (χ0) is 38.6. The SMILES string of the molecule is Cl.Cn1ccc2cc(N(C(=O)c3cc(-c4cc5c(cc4C(=O)N4Cc6ccccc6C[C@H]4CN4CCOCC4)OCO5)n4c3CCCC4)c3ccc(O)cc3)ccc21. The summed E-state index contributed by atoms with van der Waals surface area (Å²) >= 11 is 0. The van der Waals surface area contributed by atoms with Gasteiger partial charge in [-0.3, -0.25) is 19.4 Å². The minimum Gasteiger partial charge on any atom is -0.508 e. The summed E-state index contributed by atoms with van der Waals surface area (Å²) in [6, 6.07) is 28.9. The number of benzene rings is 4. The van der Waals surface area contributed by atoms with E-state index in [9.17, 15) is 5.11 Å². The first-order valence-corrected chi connectivity index (χ1v) is 19.9. The van der Waals surface area contributed by atoms with Crippen molar-refractivity contribution in [2.24, 2.45) is 7.05 Å². The molecule has 58 heavy (non-hydrogen) atoms. The third kappa shape index (κ3) is 6.76. The lowest BCUT2D eigenvalue weighted by Crippen LogP contribution is -2.52. The Morgan fingerprint density at radius 2 is 1.59 bits per heavy atom. The number of aryl methyl sites for hydroxylation is 1. The standard InChI is InChI=1S/C46H45N5O6.ClH/c1-47-17-15-31-23-34(11-14-40(31)47)51(33-9-12-36(52)13-10-33)46(54)39-24-42(49-16-5-4-8-41(39)49)37-25-43-44(57-29-56-43)26-38(37)45(53)50-27-32-7-3-2-6-30(32)22-35(50)28-48-18-20-55-21-19-48;/h2-3,6-7,9-15,17,23-26,35,52H,4-5,8,16,18-22,27-29H2,1H3;1H/t35-;/m0./s1. The van der Waals surface area contributed by atoms with Gasteiger partial charge in [0.25, 0.3) is 11.8 Å². The van der Waals surface area contributed by atoms with Gasteiger partial charge in [-0.1, -0.05) is 24.3 Å². The maximum Gasteiger partial charge on any atom is 0.264 e. The fourth-order valence-corrected chi connectivity index (χ4v) is 9.15. The van der Waals surface area contributed by atoms with Gasteiger partial charge in [-0.2, -0.15) is 0 Å². The van der Waals surface area contributed by atoms with E-state index >= 15 is 9.59 Å². The van der Waals surface area contributed by atoms with Crippen molar-refractivity contribution in [2.45, 2.75) is 44.8 Å². The fourth-order valence-electron chi connectivity index (χ4n) is 9.15. The molecule has 1 atom stereocenters. The number of aromatic nitrogens is 2. The van der Waals surface area contributed by atoms with Crippen LogP contribution in [-0.2, 0) is 37.7 Å². The average Bonchev–Trinajstić information content (AvgIpc) is 3.97. The van der Waals surface area contributed by atoms with Gasteiger partial charge in [-0.05, 0) is 104 Å². The van der Waals surface area contributed by atoms with Crippen molar-refractivity contribution in [1.29, 1.82) is 0 Å². The summed E-state index contributed by atoms with van der Waals surface area (Å²) in [5, 5.41) is 11.2. The lowest BCUT2D eigenvalue weighted by Gasteiger charge is -2.40. The molecule has 1 fully saturated rings. The molecule has 6 heterocycles. The largest absolute Gasteiger partial charge is 0.508 e. The number of hydrogen-bond donors (Lipinski definition) is 1.